The molecule has 5 nitrogen and oxygen atoms in total. The first kappa shape index (κ1) is 14.5. The Morgan fingerprint density at radius 1 is 1.20 bits per heavy atom. The Balaban J connectivity index is 1.83. The molecule has 110 valence electrons. The lowest BCUT2D eigenvalue weighted by atomic mass is 10.2. The number of carbonyl (C=O) groups excluding carboxylic acids is 1. The number of benzene rings is 1. The molecule has 1 amide bonds. The molecular formula is C15H22N2O3. The number of anilines is 1. The standard InChI is InChI=1S/C15H22N2O3/c1-12(2)11-20-15(19)17-9-7-16(8-10-17)13-3-5-14(18)6-4-13/h3-6,12,18H,7-11H2,1-2H3. The van der Waals surface area contributed by atoms with Gasteiger partial charge in [0.2, 0.25) is 0 Å². The molecule has 1 saturated heterocycles. The zero-order chi connectivity index (χ0) is 14.5. The van der Waals surface area contributed by atoms with E-state index in [1.165, 1.54) is 0 Å². The monoisotopic (exact) mass is 278 g/mol. The Morgan fingerprint density at radius 2 is 1.80 bits per heavy atom. The second-order valence-corrected chi connectivity index (χ2v) is 5.46. The highest BCUT2D eigenvalue weighted by atomic mass is 16.6. The molecule has 5 heteroatoms. The molecule has 1 aliphatic rings. The molecule has 0 spiro atoms. The predicted octanol–water partition coefficient (Wildman–Crippen LogP) is 2.31. The smallest absolute Gasteiger partial charge is 0.409 e. The molecule has 1 heterocycles. The van der Waals surface area contributed by atoms with Crippen molar-refractivity contribution >= 4 is 11.8 Å². The highest BCUT2D eigenvalue weighted by Gasteiger charge is 2.22. The van der Waals surface area contributed by atoms with E-state index in [1.54, 1.807) is 17.0 Å². The van der Waals surface area contributed by atoms with E-state index >= 15 is 0 Å². The summed E-state index contributed by atoms with van der Waals surface area (Å²) in [5, 5.41) is 9.29. The molecule has 2 rings (SSSR count). The SMILES string of the molecule is CC(C)COC(=O)N1CCN(c2ccc(O)cc2)CC1. The number of ether oxygens (including phenoxy) is 1. The minimum Gasteiger partial charge on any atom is -0.508 e. The minimum absolute atomic E-state index is 0.218. The lowest BCUT2D eigenvalue weighted by Gasteiger charge is -2.35. The number of aromatic hydroxyl groups is 1. The molecule has 0 aliphatic carbocycles. The van der Waals surface area contributed by atoms with Crippen LogP contribution in [0.3, 0.4) is 0 Å². The molecule has 1 aliphatic heterocycles. The van der Waals surface area contributed by atoms with Crippen molar-refractivity contribution in [3.05, 3.63) is 24.3 Å². The summed E-state index contributed by atoms with van der Waals surface area (Å²) in [6.45, 7) is 7.40. The van der Waals surface area contributed by atoms with Gasteiger partial charge in [0.05, 0.1) is 6.61 Å². The zero-order valence-electron chi connectivity index (χ0n) is 12.1. The van der Waals surface area contributed by atoms with Gasteiger partial charge >= 0.3 is 6.09 Å². The van der Waals surface area contributed by atoms with Crippen LogP contribution in [0, 0.1) is 5.92 Å². The number of piperazine rings is 1. The average Bonchev–Trinajstić information content (AvgIpc) is 2.46. The van der Waals surface area contributed by atoms with E-state index in [1.807, 2.05) is 26.0 Å². The fourth-order valence-electron chi connectivity index (χ4n) is 2.14. The molecule has 1 fully saturated rings. The van der Waals surface area contributed by atoms with Gasteiger partial charge < -0.3 is 19.6 Å². The van der Waals surface area contributed by atoms with Crippen molar-refractivity contribution in [1.29, 1.82) is 0 Å². The summed E-state index contributed by atoms with van der Waals surface area (Å²) in [5.41, 5.74) is 1.07. The van der Waals surface area contributed by atoms with Crippen LogP contribution in [0.15, 0.2) is 24.3 Å². The maximum absolute atomic E-state index is 11.8. The van der Waals surface area contributed by atoms with Crippen LogP contribution in [0.25, 0.3) is 0 Å². The first-order chi connectivity index (χ1) is 9.56. The lowest BCUT2D eigenvalue weighted by molar-refractivity contribution is 0.0901. The van der Waals surface area contributed by atoms with Gasteiger partial charge in [0.15, 0.2) is 0 Å². The van der Waals surface area contributed by atoms with Gasteiger partial charge in [0.1, 0.15) is 5.75 Å². The van der Waals surface area contributed by atoms with Crippen LogP contribution in [0.2, 0.25) is 0 Å². The number of nitrogens with zero attached hydrogens (tertiary/aromatic N) is 2. The van der Waals surface area contributed by atoms with E-state index in [2.05, 4.69) is 4.90 Å². The first-order valence-corrected chi connectivity index (χ1v) is 7.02. The van der Waals surface area contributed by atoms with Crippen molar-refractivity contribution in [2.24, 2.45) is 5.92 Å². The third-order valence-electron chi connectivity index (χ3n) is 3.29. The Morgan fingerprint density at radius 3 is 2.35 bits per heavy atom. The van der Waals surface area contributed by atoms with E-state index in [0.717, 1.165) is 18.8 Å². The zero-order valence-corrected chi connectivity index (χ0v) is 12.1. The normalized spacial score (nSPS) is 15.6. The number of carbonyl (C=O) groups is 1. The lowest BCUT2D eigenvalue weighted by Crippen LogP contribution is -2.49. The van der Waals surface area contributed by atoms with Crippen LogP contribution in [0.4, 0.5) is 10.5 Å². The quantitative estimate of drug-likeness (QED) is 0.922. The number of hydrogen-bond acceptors (Lipinski definition) is 4. The maximum Gasteiger partial charge on any atom is 0.409 e. The molecule has 1 N–H and O–H groups in total. The van der Waals surface area contributed by atoms with Crippen LogP contribution in [0.1, 0.15) is 13.8 Å². The molecule has 1 aromatic carbocycles. The van der Waals surface area contributed by atoms with Crippen LogP contribution >= 0.6 is 0 Å². The molecular weight excluding hydrogens is 256 g/mol. The Hall–Kier alpha value is -1.91. The molecule has 0 bridgehead atoms. The summed E-state index contributed by atoms with van der Waals surface area (Å²) in [7, 11) is 0. The molecule has 0 unspecified atom stereocenters. The van der Waals surface area contributed by atoms with Gasteiger partial charge in [-0.2, -0.15) is 0 Å². The highest BCUT2D eigenvalue weighted by Crippen LogP contribution is 2.20. The second kappa shape index (κ2) is 6.50. The van der Waals surface area contributed by atoms with Crippen LogP contribution < -0.4 is 4.90 Å². The summed E-state index contributed by atoms with van der Waals surface area (Å²) in [6, 6.07) is 7.14. The Bertz CT molecular complexity index is 437. The number of amides is 1. The second-order valence-electron chi connectivity index (χ2n) is 5.46. The van der Waals surface area contributed by atoms with Gasteiger partial charge in [-0.3, -0.25) is 0 Å². The van der Waals surface area contributed by atoms with Crippen LogP contribution in [0.5, 0.6) is 5.75 Å². The fraction of sp³-hybridized carbons (Fsp3) is 0.533. The molecule has 0 radical (unpaired) electrons. The van der Waals surface area contributed by atoms with E-state index in [-0.39, 0.29) is 11.8 Å². The molecule has 1 aromatic rings. The Labute approximate surface area is 119 Å². The number of rotatable bonds is 3. The van der Waals surface area contributed by atoms with Gasteiger partial charge in [-0.25, -0.2) is 4.79 Å². The molecule has 0 aromatic heterocycles. The molecule has 20 heavy (non-hydrogen) atoms. The number of phenolic OH excluding ortho intramolecular Hbond substituents is 1. The number of hydrogen-bond donors (Lipinski definition) is 1. The van der Waals surface area contributed by atoms with Crippen molar-refractivity contribution in [2.75, 3.05) is 37.7 Å². The Kier molecular flexibility index (Phi) is 4.71. The van der Waals surface area contributed by atoms with Crippen LogP contribution in [-0.2, 0) is 4.74 Å². The van der Waals surface area contributed by atoms with E-state index in [0.29, 0.717) is 25.6 Å². The summed E-state index contributed by atoms with van der Waals surface area (Å²) < 4.78 is 5.24. The fourth-order valence-corrected chi connectivity index (χ4v) is 2.14. The summed E-state index contributed by atoms with van der Waals surface area (Å²) in [5.74, 6) is 0.627. The van der Waals surface area contributed by atoms with Gasteiger partial charge in [-0.05, 0) is 30.2 Å². The summed E-state index contributed by atoms with van der Waals surface area (Å²) in [4.78, 5) is 15.8. The summed E-state index contributed by atoms with van der Waals surface area (Å²) >= 11 is 0. The topological polar surface area (TPSA) is 53.0 Å². The number of phenols is 1. The van der Waals surface area contributed by atoms with Crippen LogP contribution in [-0.4, -0.2) is 48.9 Å². The van der Waals surface area contributed by atoms with E-state index in [9.17, 15) is 9.90 Å². The predicted molar refractivity (Wildman–Crippen MR) is 78.1 cm³/mol. The van der Waals surface area contributed by atoms with Gasteiger partial charge in [0, 0.05) is 31.9 Å². The molecule has 0 atom stereocenters. The van der Waals surface area contributed by atoms with Crippen molar-refractivity contribution in [3.8, 4) is 5.75 Å². The highest BCUT2D eigenvalue weighted by molar-refractivity contribution is 5.68. The third kappa shape index (κ3) is 3.79. The van der Waals surface area contributed by atoms with Gasteiger partial charge in [-0.15, -0.1) is 0 Å². The van der Waals surface area contributed by atoms with Gasteiger partial charge in [-0.1, -0.05) is 13.8 Å². The third-order valence-corrected chi connectivity index (χ3v) is 3.29. The first-order valence-electron chi connectivity index (χ1n) is 7.02. The summed E-state index contributed by atoms with van der Waals surface area (Å²) in [6.07, 6.45) is -0.218. The minimum atomic E-state index is -0.218. The van der Waals surface area contributed by atoms with Crippen molar-refractivity contribution < 1.29 is 14.6 Å². The largest absolute Gasteiger partial charge is 0.508 e. The van der Waals surface area contributed by atoms with Crippen molar-refractivity contribution in [3.63, 3.8) is 0 Å². The maximum atomic E-state index is 11.8. The average molecular weight is 278 g/mol. The van der Waals surface area contributed by atoms with Gasteiger partial charge in [0.25, 0.3) is 0 Å². The van der Waals surface area contributed by atoms with Crippen molar-refractivity contribution in [1.82, 2.24) is 4.90 Å². The van der Waals surface area contributed by atoms with Crippen molar-refractivity contribution in [2.45, 2.75) is 13.8 Å². The molecule has 0 saturated carbocycles. The van der Waals surface area contributed by atoms with E-state index < -0.39 is 0 Å². The van der Waals surface area contributed by atoms with E-state index in [4.69, 9.17) is 4.74 Å².